The summed E-state index contributed by atoms with van der Waals surface area (Å²) in [4.78, 5) is 15.6. The van der Waals surface area contributed by atoms with Crippen LogP contribution >= 0.6 is 0 Å². The highest BCUT2D eigenvalue weighted by atomic mass is 16.3. The van der Waals surface area contributed by atoms with E-state index in [1.807, 2.05) is 22.8 Å². The van der Waals surface area contributed by atoms with Gasteiger partial charge in [-0.25, -0.2) is 4.98 Å². The fourth-order valence-electron chi connectivity index (χ4n) is 3.79. The van der Waals surface area contributed by atoms with Gasteiger partial charge >= 0.3 is 0 Å². The Morgan fingerprint density at radius 3 is 2.77 bits per heavy atom. The van der Waals surface area contributed by atoms with E-state index in [0.717, 1.165) is 53.9 Å². The van der Waals surface area contributed by atoms with Crippen molar-refractivity contribution in [1.29, 1.82) is 0 Å². The van der Waals surface area contributed by atoms with E-state index in [0.29, 0.717) is 18.3 Å². The summed E-state index contributed by atoms with van der Waals surface area (Å²) in [6, 6.07) is 5.77. The Labute approximate surface area is 173 Å². The Hall–Kier alpha value is -3.37. The summed E-state index contributed by atoms with van der Waals surface area (Å²) in [6.45, 7) is 5.91. The smallest absolute Gasteiger partial charge is 0.230 e. The van der Waals surface area contributed by atoms with Crippen molar-refractivity contribution in [2.24, 2.45) is 0 Å². The molecule has 30 heavy (non-hydrogen) atoms. The SMILES string of the molecule is C[C@@H](O)Cn1c2cnccc2c2cnc(Nc3ccc(N4CCNCC4)nn3)nc21. The van der Waals surface area contributed by atoms with Crippen LogP contribution in [0.5, 0.6) is 0 Å². The molecule has 0 aromatic carbocycles. The summed E-state index contributed by atoms with van der Waals surface area (Å²) in [5.74, 6) is 1.87. The Morgan fingerprint density at radius 1 is 1.13 bits per heavy atom. The third kappa shape index (κ3) is 3.51. The fraction of sp³-hybridized carbons (Fsp3) is 0.350. The van der Waals surface area contributed by atoms with Crippen molar-refractivity contribution in [1.82, 2.24) is 35.0 Å². The van der Waals surface area contributed by atoms with E-state index in [1.165, 1.54) is 0 Å². The maximum atomic E-state index is 9.95. The lowest BCUT2D eigenvalue weighted by Gasteiger charge is -2.27. The van der Waals surface area contributed by atoms with Crippen molar-refractivity contribution in [3.05, 3.63) is 36.8 Å². The molecule has 0 bridgehead atoms. The van der Waals surface area contributed by atoms with Gasteiger partial charge in [-0.15, -0.1) is 10.2 Å². The summed E-state index contributed by atoms with van der Waals surface area (Å²) in [5.41, 5.74) is 1.65. The highest BCUT2D eigenvalue weighted by molar-refractivity contribution is 6.06. The highest BCUT2D eigenvalue weighted by Gasteiger charge is 2.16. The predicted octanol–water partition coefficient (Wildman–Crippen LogP) is 1.30. The van der Waals surface area contributed by atoms with Crippen molar-refractivity contribution in [2.45, 2.75) is 19.6 Å². The third-order valence-corrected chi connectivity index (χ3v) is 5.18. The maximum absolute atomic E-state index is 9.95. The number of hydrogen-bond acceptors (Lipinski definition) is 9. The molecular formula is C20H23N9O. The second-order valence-corrected chi connectivity index (χ2v) is 7.42. The molecule has 3 N–H and O–H groups in total. The van der Waals surface area contributed by atoms with Crippen LogP contribution in [0.15, 0.2) is 36.8 Å². The number of rotatable bonds is 5. The van der Waals surface area contributed by atoms with E-state index in [9.17, 15) is 5.11 Å². The first-order chi connectivity index (χ1) is 14.7. The van der Waals surface area contributed by atoms with Crippen molar-refractivity contribution in [2.75, 3.05) is 36.4 Å². The molecule has 1 fully saturated rings. The Kier molecular flexibility index (Phi) is 4.85. The Morgan fingerprint density at radius 2 is 2.00 bits per heavy atom. The molecule has 0 unspecified atom stereocenters. The van der Waals surface area contributed by atoms with Crippen molar-refractivity contribution in [3.63, 3.8) is 0 Å². The molecule has 5 heterocycles. The number of aliphatic hydroxyl groups excluding tert-OH is 1. The third-order valence-electron chi connectivity index (χ3n) is 5.18. The molecule has 4 aromatic rings. The number of hydrogen-bond donors (Lipinski definition) is 3. The molecule has 1 aliphatic heterocycles. The number of piperazine rings is 1. The second kappa shape index (κ2) is 7.81. The maximum Gasteiger partial charge on any atom is 0.230 e. The predicted molar refractivity (Wildman–Crippen MR) is 115 cm³/mol. The molecule has 5 rings (SSSR count). The van der Waals surface area contributed by atoms with Gasteiger partial charge in [0.1, 0.15) is 5.65 Å². The molecule has 154 valence electrons. The molecule has 0 spiro atoms. The Bertz CT molecular complexity index is 1170. The second-order valence-electron chi connectivity index (χ2n) is 7.42. The largest absolute Gasteiger partial charge is 0.392 e. The summed E-state index contributed by atoms with van der Waals surface area (Å²) in [7, 11) is 0. The van der Waals surface area contributed by atoms with Crippen LogP contribution in [-0.4, -0.2) is 67.1 Å². The van der Waals surface area contributed by atoms with E-state index >= 15 is 0 Å². The molecule has 0 radical (unpaired) electrons. The minimum absolute atomic E-state index is 0.418. The molecule has 10 heteroatoms. The zero-order chi connectivity index (χ0) is 20.5. The standard InChI is InChI=1S/C20H23N9O/c1-13(30)12-29-16-11-22-5-4-14(16)15-10-23-20(25-19(15)29)24-17-2-3-18(27-26-17)28-8-6-21-7-9-28/h2-5,10-11,13,21,30H,6-9,12H2,1H3,(H,23,24,25,26)/t13-/m1/s1. The van der Waals surface area contributed by atoms with Crippen LogP contribution in [0.2, 0.25) is 0 Å². The van der Waals surface area contributed by atoms with E-state index in [1.54, 1.807) is 25.5 Å². The molecule has 0 aliphatic carbocycles. The van der Waals surface area contributed by atoms with E-state index in [-0.39, 0.29) is 0 Å². The summed E-state index contributed by atoms with van der Waals surface area (Å²) in [6.07, 6.45) is 4.80. The van der Waals surface area contributed by atoms with Gasteiger partial charge in [-0.1, -0.05) is 0 Å². The number of nitrogens with one attached hydrogen (secondary N) is 2. The number of nitrogens with zero attached hydrogens (tertiary/aromatic N) is 7. The monoisotopic (exact) mass is 405 g/mol. The molecule has 1 saturated heterocycles. The molecule has 0 saturated carbocycles. The Balaban J connectivity index is 1.45. The van der Waals surface area contributed by atoms with Crippen LogP contribution in [-0.2, 0) is 6.54 Å². The summed E-state index contributed by atoms with van der Waals surface area (Å²) in [5, 5.41) is 27.0. The normalized spacial score (nSPS) is 15.6. The lowest BCUT2D eigenvalue weighted by atomic mass is 10.2. The lowest BCUT2D eigenvalue weighted by molar-refractivity contribution is 0.176. The minimum Gasteiger partial charge on any atom is -0.392 e. The first kappa shape index (κ1) is 18.6. The fourth-order valence-corrected chi connectivity index (χ4v) is 3.79. The average Bonchev–Trinajstić information content (AvgIpc) is 3.08. The average molecular weight is 405 g/mol. The van der Waals surface area contributed by atoms with Gasteiger partial charge in [-0.05, 0) is 25.1 Å². The van der Waals surface area contributed by atoms with Gasteiger partial charge in [-0.3, -0.25) is 4.98 Å². The zero-order valence-electron chi connectivity index (χ0n) is 16.7. The van der Waals surface area contributed by atoms with Crippen LogP contribution in [0, 0.1) is 0 Å². The van der Waals surface area contributed by atoms with E-state index in [2.05, 4.69) is 40.7 Å². The van der Waals surface area contributed by atoms with Gasteiger partial charge in [0.15, 0.2) is 11.6 Å². The molecule has 1 aliphatic rings. The van der Waals surface area contributed by atoms with Crippen molar-refractivity contribution in [3.8, 4) is 0 Å². The van der Waals surface area contributed by atoms with Crippen molar-refractivity contribution >= 4 is 39.5 Å². The van der Waals surface area contributed by atoms with Crippen molar-refractivity contribution < 1.29 is 5.11 Å². The first-order valence-corrected chi connectivity index (χ1v) is 10.0. The van der Waals surface area contributed by atoms with Crippen LogP contribution < -0.4 is 15.5 Å². The topological polar surface area (TPSA) is 117 Å². The number of fused-ring (bicyclic) bond motifs is 3. The molecule has 10 nitrogen and oxygen atoms in total. The first-order valence-electron chi connectivity index (χ1n) is 10.0. The minimum atomic E-state index is -0.515. The van der Waals surface area contributed by atoms with E-state index in [4.69, 9.17) is 0 Å². The van der Waals surface area contributed by atoms with Crippen LogP contribution in [0.4, 0.5) is 17.6 Å². The zero-order valence-corrected chi connectivity index (χ0v) is 16.7. The number of aromatic nitrogens is 6. The quantitative estimate of drug-likeness (QED) is 0.452. The van der Waals surface area contributed by atoms with Gasteiger partial charge < -0.3 is 25.2 Å². The molecule has 1 atom stereocenters. The highest BCUT2D eigenvalue weighted by Crippen LogP contribution is 2.28. The van der Waals surface area contributed by atoms with Gasteiger partial charge in [-0.2, -0.15) is 4.98 Å². The molecule has 4 aromatic heterocycles. The van der Waals surface area contributed by atoms with Gasteiger partial charge in [0.05, 0.1) is 24.4 Å². The lowest BCUT2D eigenvalue weighted by Crippen LogP contribution is -2.43. The van der Waals surface area contributed by atoms with Gasteiger partial charge in [0, 0.05) is 49.3 Å². The number of aliphatic hydroxyl groups is 1. The number of anilines is 3. The van der Waals surface area contributed by atoms with Gasteiger partial charge in [0.2, 0.25) is 5.95 Å². The van der Waals surface area contributed by atoms with E-state index < -0.39 is 6.10 Å². The van der Waals surface area contributed by atoms with Crippen LogP contribution in [0.3, 0.4) is 0 Å². The van der Waals surface area contributed by atoms with Gasteiger partial charge in [0.25, 0.3) is 0 Å². The molecular weight excluding hydrogens is 382 g/mol. The summed E-state index contributed by atoms with van der Waals surface area (Å²) >= 11 is 0. The van der Waals surface area contributed by atoms with Crippen LogP contribution in [0.1, 0.15) is 6.92 Å². The summed E-state index contributed by atoms with van der Waals surface area (Å²) < 4.78 is 1.97. The molecule has 0 amide bonds. The van der Waals surface area contributed by atoms with Crippen LogP contribution in [0.25, 0.3) is 21.9 Å². The number of pyridine rings is 1.